The minimum absolute atomic E-state index is 0.0444. The lowest BCUT2D eigenvalue weighted by Gasteiger charge is -2.12. The third-order valence-electron chi connectivity index (χ3n) is 2.29. The number of urea groups is 1. The standard InChI is InChI=1S/C9H17ClN2O/c10-6-3-7-11-9(13)12-8-4-1-2-5-8/h8H,1-7H2,(H2,11,12,13). The monoisotopic (exact) mass is 204 g/mol. The summed E-state index contributed by atoms with van der Waals surface area (Å²) in [6.45, 7) is 0.669. The highest BCUT2D eigenvalue weighted by molar-refractivity contribution is 6.17. The minimum atomic E-state index is -0.0444. The van der Waals surface area contributed by atoms with Crippen LogP contribution >= 0.6 is 11.6 Å². The molecule has 0 aliphatic heterocycles. The smallest absolute Gasteiger partial charge is 0.315 e. The molecule has 0 unspecified atom stereocenters. The van der Waals surface area contributed by atoms with Crippen LogP contribution in [0.25, 0.3) is 0 Å². The van der Waals surface area contributed by atoms with Crippen molar-refractivity contribution in [3.05, 3.63) is 0 Å². The van der Waals surface area contributed by atoms with E-state index in [9.17, 15) is 4.79 Å². The fraction of sp³-hybridized carbons (Fsp3) is 0.889. The van der Waals surface area contributed by atoms with Crippen molar-refractivity contribution in [1.29, 1.82) is 0 Å². The van der Waals surface area contributed by atoms with Crippen molar-refractivity contribution < 1.29 is 4.79 Å². The number of alkyl halides is 1. The molecule has 76 valence electrons. The molecule has 0 radical (unpaired) electrons. The second-order valence-corrected chi connectivity index (χ2v) is 3.80. The largest absolute Gasteiger partial charge is 0.338 e. The molecule has 0 aromatic carbocycles. The van der Waals surface area contributed by atoms with Gasteiger partial charge in [0, 0.05) is 18.5 Å². The van der Waals surface area contributed by atoms with Gasteiger partial charge in [-0.25, -0.2) is 4.79 Å². The van der Waals surface area contributed by atoms with Crippen molar-refractivity contribution in [1.82, 2.24) is 10.6 Å². The number of carbonyl (C=O) groups excluding carboxylic acids is 1. The predicted octanol–water partition coefficient (Wildman–Crippen LogP) is 1.86. The Morgan fingerprint density at radius 2 is 2.08 bits per heavy atom. The summed E-state index contributed by atoms with van der Waals surface area (Å²) >= 11 is 5.48. The van der Waals surface area contributed by atoms with E-state index in [2.05, 4.69) is 10.6 Å². The summed E-state index contributed by atoms with van der Waals surface area (Å²) in [5, 5.41) is 5.72. The van der Waals surface area contributed by atoms with Gasteiger partial charge in [0.25, 0.3) is 0 Å². The van der Waals surface area contributed by atoms with E-state index in [1.807, 2.05) is 0 Å². The Bertz CT molecular complexity index is 158. The Morgan fingerprint density at radius 1 is 1.38 bits per heavy atom. The summed E-state index contributed by atoms with van der Waals surface area (Å²) in [7, 11) is 0. The SMILES string of the molecule is O=C(NCCCCl)NC1CCCC1. The fourth-order valence-corrected chi connectivity index (χ4v) is 1.71. The Morgan fingerprint density at radius 3 is 2.69 bits per heavy atom. The van der Waals surface area contributed by atoms with Crippen molar-refractivity contribution in [2.75, 3.05) is 12.4 Å². The second kappa shape index (κ2) is 6.08. The normalized spacial score (nSPS) is 17.3. The quantitative estimate of drug-likeness (QED) is 0.533. The lowest BCUT2D eigenvalue weighted by Crippen LogP contribution is -2.41. The van der Waals surface area contributed by atoms with Crippen LogP contribution in [0.5, 0.6) is 0 Å². The maximum absolute atomic E-state index is 11.2. The molecular formula is C9H17ClN2O. The molecule has 1 rings (SSSR count). The van der Waals surface area contributed by atoms with Gasteiger partial charge in [-0.05, 0) is 19.3 Å². The van der Waals surface area contributed by atoms with E-state index in [4.69, 9.17) is 11.6 Å². The molecule has 13 heavy (non-hydrogen) atoms. The van der Waals surface area contributed by atoms with Crippen molar-refractivity contribution in [3.8, 4) is 0 Å². The average molecular weight is 205 g/mol. The van der Waals surface area contributed by atoms with Gasteiger partial charge in [0.05, 0.1) is 0 Å². The highest BCUT2D eigenvalue weighted by Gasteiger charge is 2.16. The van der Waals surface area contributed by atoms with Crippen LogP contribution in [0.15, 0.2) is 0 Å². The van der Waals surface area contributed by atoms with Gasteiger partial charge < -0.3 is 10.6 Å². The first-order valence-electron chi connectivity index (χ1n) is 4.93. The molecule has 1 fully saturated rings. The zero-order chi connectivity index (χ0) is 9.52. The van der Waals surface area contributed by atoms with Crippen molar-refractivity contribution in [2.45, 2.75) is 38.1 Å². The van der Waals surface area contributed by atoms with Crippen LogP contribution in [0.3, 0.4) is 0 Å². The third kappa shape index (κ3) is 4.36. The first-order valence-corrected chi connectivity index (χ1v) is 5.46. The molecule has 4 heteroatoms. The van der Waals surface area contributed by atoms with E-state index in [0.717, 1.165) is 19.3 Å². The molecule has 0 aromatic heterocycles. The van der Waals surface area contributed by atoms with Crippen molar-refractivity contribution >= 4 is 17.6 Å². The molecule has 3 nitrogen and oxygen atoms in total. The summed E-state index contributed by atoms with van der Waals surface area (Å²) in [5.74, 6) is 0.601. The highest BCUT2D eigenvalue weighted by atomic mass is 35.5. The molecule has 2 amide bonds. The molecule has 0 aromatic rings. The first kappa shape index (κ1) is 10.6. The van der Waals surface area contributed by atoms with Crippen LogP contribution in [0.1, 0.15) is 32.1 Å². The van der Waals surface area contributed by atoms with Gasteiger partial charge in [-0.1, -0.05) is 12.8 Å². The molecule has 0 bridgehead atoms. The molecule has 0 heterocycles. The molecule has 0 spiro atoms. The van der Waals surface area contributed by atoms with Gasteiger partial charge in [0.2, 0.25) is 0 Å². The molecule has 0 saturated heterocycles. The zero-order valence-electron chi connectivity index (χ0n) is 7.81. The van der Waals surface area contributed by atoms with Gasteiger partial charge in [0.15, 0.2) is 0 Å². The summed E-state index contributed by atoms with van der Waals surface area (Å²) in [4.78, 5) is 11.2. The molecule has 1 saturated carbocycles. The summed E-state index contributed by atoms with van der Waals surface area (Å²) in [6.07, 6.45) is 5.57. The number of hydrogen-bond acceptors (Lipinski definition) is 1. The van der Waals surface area contributed by atoms with Crippen LogP contribution in [-0.4, -0.2) is 24.5 Å². The maximum Gasteiger partial charge on any atom is 0.315 e. The number of hydrogen-bond donors (Lipinski definition) is 2. The van der Waals surface area contributed by atoms with Crippen LogP contribution in [0.2, 0.25) is 0 Å². The van der Waals surface area contributed by atoms with Gasteiger partial charge in [-0.2, -0.15) is 0 Å². The number of rotatable bonds is 4. The van der Waals surface area contributed by atoms with E-state index >= 15 is 0 Å². The third-order valence-corrected chi connectivity index (χ3v) is 2.55. The summed E-state index contributed by atoms with van der Waals surface area (Å²) in [5.41, 5.74) is 0. The molecule has 0 atom stereocenters. The van der Waals surface area contributed by atoms with E-state index in [1.54, 1.807) is 0 Å². The van der Waals surface area contributed by atoms with Gasteiger partial charge in [-0.15, -0.1) is 11.6 Å². The van der Waals surface area contributed by atoms with Gasteiger partial charge in [-0.3, -0.25) is 0 Å². The Hall–Kier alpha value is -0.440. The van der Waals surface area contributed by atoms with Crippen LogP contribution in [0, 0.1) is 0 Å². The van der Waals surface area contributed by atoms with Crippen LogP contribution < -0.4 is 10.6 Å². The lowest BCUT2D eigenvalue weighted by atomic mass is 10.2. The number of nitrogens with one attached hydrogen (secondary N) is 2. The average Bonchev–Trinajstić information content (AvgIpc) is 2.57. The van der Waals surface area contributed by atoms with E-state index < -0.39 is 0 Å². The molecule has 2 N–H and O–H groups in total. The van der Waals surface area contributed by atoms with E-state index in [-0.39, 0.29) is 6.03 Å². The summed E-state index contributed by atoms with van der Waals surface area (Å²) < 4.78 is 0. The Labute approximate surface area is 84.2 Å². The van der Waals surface area contributed by atoms with Crippen molar-refractivity contribution in [2.24, 2.45) is 0 Å². The van der Waals surface area contributed by atoms with E-state index in [1.165, 1.54) is 12.8 Å². The topological polar surface area (TPSA) is 41.1 Å². The van der Waals surface area contributed by atoms with Gasteiger partial charge >= 0.3 is 6.03 Å². The number of carbonyl (C=O) groups is 1. The molecular weight excluding hydrogens is 188 g/mol. The van der Waals surface area contributed by atoms with Gasteiger partial charge in [0.1, 0.15) is 0 Å². The number of halogens is 1. The lowest BCUT2D eigenvalue weighted by molar-refractivity contribution is 0.237. The second-order valence-electron chi connectivity index (χ2n) is 3.42. The summed E-state index contributed by atoms with van der Waals surface area (Å²) in [6, 6.07) is 0.355. The van der Waals surface area contributed by atoms with Crippen LogP contribution in [-0.2, 0) is 0 Å². The highest BCUT2D eigenvalue weighted by Crippen LogP contribution is 2.17. The van der Waals surface area contributed by atoms with Crippen LogP contribution in [0.4, 0.5) is 4.79 Å². The zero-order valence-corrected chi connectivity index (χ0v) is 8.57. The Balaban J connectivity index is 2.02. The first-order chi connectivity index (χ1) is 6.33. The van der Waals surface area contributed by atoms with Crippen molar-refractivity contribution in [3.63, 3.8) is 0 Å². The van der Waals surface area contributed by atoms with E-state index in [0.29, 0.717) is 18.5 Å². The molecule has 1 aliphatic rings. The number of amides is 2. The molecule has 1 aliphatic carbocycles. The predicted molar refractivity (Wildman–Crippen MR) is 54.1 cm³/mol. The maximum atomic E-state index is 11.2. The Kier molecular flexibility index (Phi) is 4.98. The minimum Gasteiger partial charge on any atom is -0.338 e. The fourth-order valence-electron chi connectivity index (χ4n) is 1.58.